The lowest BCUT2D eigenvalue weighted by Crippen LogP contribution is -2.52. The standard InChI is InChI=1S/C14H18F2N2O.ClH/c15-14(16,11-6-2-1-3-7-11)13(19)18-9-5-4-8-12(18)10-17;/h1-3,6-7,12H,4-5,8-10,17H2;1H. The maximum Gasteiger partial charge on any atom is 0.349 e. The highest BCUT2D eigenvalue weighted by atomic mass is 35.5. The van der Waals surface area contributed by atoms with Gasteiger partial charge in [0.15, 0.2) is 0 Å². The average Bonchev–Trinajstić information content (AvgIpc) is 2.47. The molecule has 1 aliphatic heterocycles. The van der Waals surface area contributed by atoms with Crippen LogP contribution >= 0.6 is 12.4 Å². The van der Waals surface area contributed by atoms with Crippen molar-refractivity contribution in [2.75, 3.05) is 13.1 Å². The van der Waals surface area contributed by atoms with E-state index in [-0.39, 0.29) is 30.6 Å². The van der Waals surface area contributed by atoms with Crippen molar-refractivity contribution in [3.05, 3.63) is 35.9 Å². The lowest BCUT2D eigenvalue weighted by Gasteiger charge is -2.37. The normalized spacial score (nSPS) is 19.4. The van der Waals surface area contributed by atoms with Crippen LogP contribution in [-0.2, 0) is 10.7 Å². The van der Waals surface area contributed by atoms with Crippen molar-refractivity contribution in [3.8, 4) is 0 Å². The van der Waals surface area contributed by atoms with Gasteiger partial charge in [0.25, 0.3) is 5.91 Å². The molecule has 1 amide bonds. The van der Waals surface area contributed by atoms with Crippen molar-refractivity contribution in [2.24, 2.45) is 5.73 Å². The number of piperidine rings is 1. The Morgan fingerprint density at radius 2 is 1.95 bits per heavy atom. The first-order valence-electron chi connectivity index (χ1n) is 6.52. The van der Waals surface area contributed by atoms with Crippen molar-refractivity contribution in [1.29, 1.82) is 0 Å². The Balaban J connectivity index is 0.00000200. The van der Waals surface area contributed by atoms with E-state index in [1.807, 2.05) is 0 Å². The zero-order valence-electron chi connectivity index (χ0n) is 11.1. The third kappa shape index (κ3) is 3.27. The smallest absolute Gasteiger partial charge is 0.333 e. The number of nitrogens with two attached hydrogens (primary N) is 1. The van der Waals surface area contributed by atoms with E-state index in [4.69, 9.17) is 5.73 Å². The van der Waals surface area contributed by atoms with Gasteiger partial charge in [-0.15, -0.1) is 12.4 Å². The summed E-state index contributed by atoms with van der Waals surface area (Å²) in [4.78, 5) is 13.4. The second kappa shape index (κ2) is 6.99. The van der Waals surface area contributed by atoms with E-state index in [1.54, 1.807) is 6.07 Å². The Kier molecular flexibility index (Phi) is 5.89. The van der Waals surface area contributed by atoms with Gasteiger partial charge in [-0.2, -0.15) is 8.78 Å². The van der Waals surface area contributed by atoms with Gasteiger partial charge in [0, 0.05) is 24.7 Å². The minimum atomic E-state index is -3.48. The van der Waals surface area contributed by atoms with Gasteiger partial charge in [0.05, 0.1) is 0 Å². The van der Waals surface area contributed by atoms with Crippen LogP contribution in [0.3, 0.4) is 0 Å². The summed E-state index contributed by atoms with van der Waals surface area (Å²) < 4.78 is 28.4. The van der Waals surface area contributed by atoms with Gasteiger partial charge in [-0.3, -0.25) is 4.79 Å². The third-order valence-corrected chi connectivity index (χ3v) is 3.57. The molecule has 112 valence electrons. The van der Waals surface area contributed by atoms with Crippen LogP contribution in [0.25, 0.3) is 0 Å². The van der Waals surface area contributed by atoms with Gasteiger partial charge >= 0.3 is 5.92 Å². The molecule has 1 saturated heterocycles. The number of alkyl halides is 2. The summed E-state index contributed by atoms with van der Waals surface area (Å²) in [7, 11) is 0. The Morgan fingerprint density at radius 3 is 2.55 bits per heavy atom. The van der Waals surface area contributed by atoms with E-state index in [0.29, 0.717) is 13.0 Å². The first kappa shape index (κ1) is 16.9. The summed E-state index contributed by atoms with van der Waals surface area (Å²) in [5, 5.41) is 0. The highest BCUT2D eigenvalue weighted by molar-refractivity contribution is 5.85. The lowest BCUT2D eigenvalue weighted by molar-refractivity contribution is -0.162. The number of amides is 1. The zero-order chi connectivity index (χ0) is 13.9. The summed E-state index contributed by atoms with van der Waals surface area (Å²) in [6.45, 7) is 0.597. The number of carbonyl (C=O) groups excluding carboxylic acids is 1. The Labute approximate surface area is 123 Å². The fourth-order valence-electron chi connectivity index (χ4n) is 2.46. The molecule has 0 aromatic heterocycles. The predicted molar refractivity (Wildman–Crippen MR) is 76.0 cm³/mol. The number of carbonyl (C=O) groups is 1. The fraction of sp³-hybridized carbons (Fsp3) is 0.500. The molecule has 0 aliphatic carbocycles. The molecule has 1 aromatic carbocycles. The first-order chi connectivity index (χ1) is 9.07. The number of rotatable bonds is 3. The van der Waals surface area contributed by atoms with Crippen LogP contribution < -0.4 is 5.73 Å². The second-order valence-electron chi connectivity index (χ2n) is 4.82. The Hall–Kier alpha value is -1.20. The topological polar surface area (TPSA) is 46.3 Å². The van der Waals surface area contributed by atoms with Crippen molar-refractivity contribution >= 4 is 18.3 Å². The van der Waals surface area contributed by atoms with Crippen molar-refractivity contribution in [3.63, 3.8) is 0 Å². The van der Waals surface area contributed by atoms with Crippen molar-refractivity contribution < 1.29 is 13.6 Å². The van der Waals surface area contributed by atoms with Crippen LogP contribution in [0.1, 0.15) is 24.8 Å². The summed E-state index contributed by atoms with van der Waals surface area (Å²) >= 11 is 0. The van der Waals surface area contributed by atoms with E-state index >= 15 is 0 Å². The molecule has 0 saturated carbocycles. The van der Waals surface area contributed by atoms with Crippen LogP contribution in [0.4, 0.5) is 8.78 Å². The van der Waals surface area contributed by atoms with Gasteiger partial charge in [0.1, 0.15) is 0 Å². The Bertz CT molecular complexity index is 442. The van der Waals surface area contributed by atoms with Gasteiger partial charge in [-0.1, -0.05) is 30.3 Å². The highest BCUT2D eigenvalue weighted by Crippen LogP contribution is 2.32. The minimum absolute atomic E-state index is 0. The number of hydrogen-bond donors (Lipinski definition) is 1. The summed E-state index contributed by atoms with van der Waals surface area (Å²) in [6.07, 6.45) is 2.39. The SMILES string of the molecule is Cl.NCC1CCCCN1C(=O)C(F)(F)c1ccccc1. The molecular formula is C14H19ClF2N2O. The summed E-state index contributed by atoms with van der Waals surface area (Å²) in [6, 6.07) is 6.95. The van der Waals surface area contributed by atoms with E-state index in [1.165, 1.54) is 29.2 Å². The molecule has 1 atom stereocenters. The van der Waals surface area contributed by atoms with E-state index < -0.39 is 11.8 Å². The van der Waals surface area contributed by atoms with Gasteiger partial charge in [-0.25, -0.2) is 0 Å². The van der Waals surface area contributed by atoms with Gasteiger partial charge < -0.3 is 10.6 Å². The van der Waals surface area contributed by atoms with E-state index in [0.717, 1.165) is 12.8 Å². The monoisotopic (exact) mass is 304 g/mol. The molecule has 1 aromatic rings. The zero-order valence-corrected chi connectivity index (χ0v) is 11.9. The minimum Gasteiger partial charge on any atom is -0.333 e. The molecule has 6 heteroatoms. The molecule has 20 heavy (non-hydrogen) atoms. The van der Waals surface area contributed by atoms with E-state index in [9.17, 15) is 13.6 Å². The molecule has 3 nitrogen and oxygen atoms in total. The number of likely N-dealkylation sites (tertiary alicyclic amines) is 1. The first-order valence-corrected chi connectivity index (χ1v) is 6.52. The molecule has 1 unspecified atom stereocenters. The van der Waals surface area contributed by atoms with Crippen LogP contribution in [-0.4, -0.2) is 29.9 Å². The number of benzene rings is 1. The van der Waals surface area contributed by atoms with E-state index in [2.05, 4.69) is 0 Å². The van der Waals surface area contributed by atoms with Crippen molar-refractivity contribution in [2.45, 2.75) is 31.2 Å². The Morgan fingerprint density at radius 1 is 1.30 bits per heavy atom. The van der Waals surface area contributed by atoms with Crippen LogP contribution in [0.15, 0.2) is 30.3 Å². The molecular weight excluding hydrogens is 286 g/mol. The average molecular weight is 305 g/mol. The largest absolute Gasteiger partial charge is 0.349 e. The molecule has 2 N–H and O–H groups in total. The van der Waals surface area contributed by atoms with Crippen LogP contribution in [0.5, 0.6) is 0 Å². The summed E-state index contributed by atoms with van der Waals surface area (Å²) in [5.41, 5.74) is 5.31. The maximum atomic E-state index is 14.2. The number of hydrogen-bond acceptors (Lipinski definition) is 2. The van der Waals surface area contributed by atoms with Crippen LogP contribution in [0.2, 0.25) is 0 Å². The van der Waals surface area contributed by atoms with Gasteiger partial charge in [0.2, 0.25) is 0 Å². The van der Waals surface area contributed by atoms with Crippen molar-refractivity contribution in [1.82, 2.24) is 4.90 Å². The number of halogens is 3. The van der Waals surface area contributed by atoms with Gasteiger partial charge in [-0.05, 0) is 19.3 Å². The second-order valence-corrected chi connectivity index (χ2v) is 4.82. The highest BCUT2D eigenvalue weighted by Gasteiger charge is 2.45. The number of nitrogens with zero attached hydrogens (tertiary/aromatic N) is 1. The third-order valence-electron chi connectivity index (χ3n) is 3.57. The predicted octanol–water partition coefficient (Wildman–Crippen LogP) is 2.54. The van der Waals surface area contributed by atoms with Crippen LogP contribution in [0, 0.1) is 0 Å². The molecule has 1 aliphatic rings. The molecule has 0 bridgehead atoms. The molecule has 1 heterocycles. The maximum absolute atomic E-state index is 14.2. The molecule has 2 rings (SSSR count). The molecule has 1 fully saturated rings. The lowest BCUT2D eigenvalue weighted by atomic mass is 9.99. The quantitative estimate of drug-likeness (QED) is 0.933. The molecule has 0 radical (unpaired) electrons. The summed E-state index contributed by atoms with van der Waals surface area (Å²) in [5.74, 6) is -4.61. The molecule has 0 spiro atoms. The fourth-order valence-corrected chi connectivity index (χ4v) is 2.46.